The summed E-state index contributed by atoms with van der Waals surface area (Å²) in [5.74, 6) is 0. The molecule has 1 aliphatic heterocycles. The maximum Gasteiger partial charge on any atom is 0.108 e. The SMILES string of the molecule is CC1(Br)C=CC=CN1. The standard InChI is InChI=1S/C6H8BrN/c1-6(7)4-2-3-5-8-6/h2-5,8H,1H3. The average molecular weight is 174 g/mol. The lowest BCUT2D eigenvalue weighted by Crippen LogP contribution is -2.30. The molecule has 1 rings (SSSR count). The van der Waals surface area contributed by atoms with Crippen LogP contribution in [0.5, 0.6) is 0 Å². The van der Waals surface area contributed by atoms with Gasteiger partial charge >= 0.3 is 0 Å². The Morgan fingerprint density at radius 2 is 2.25 bits per heavy atom. The average Bonchev–Trinajstić information content (AvgIpc) is 1.65. The number of dihydropyridines is 1. The molecule has 0 amide bonds. The summed E-state index contributed by atoms with van der Waals surface area (Å²) in [5.41, 5.74) is 0. The van der Waals surface area contributed by atoms with Gasteiger partial charge < -0.3 is 5.32 Å². The molecular weight excluding hydrogens is 166 g/mol. The third kappa shape index (κ3) is 1.37. The Morgan fingerprint density at radius 3 is 2.50 bits per heavy atom. The van der Waals surface area contributed by atoms with E-state index < -0.39 is 0 Å². The normalized spacial score (nSPS) is 34.8. The first-order valence-corrected chi connectivity index (χ1v) is 3.31. The van der Waals surface area contributed by atoms with Crippen LogP contribution in [-0.4, -0.2) is 4.45 Å². The Balaban J connectivity index is 2.65. The molecule has 0 aromatic rings. The number of rotatable bonds is 0. The minimum atomic E-state index is -0.0260. The van der Waals surface area contributed by atoms with Gasteiger partial charge in [-0.2, -0.15) is 0 Å². The zero-order valence-electron chi connectivity index (χ0n) is 4.69. The van der Waals surface area contributed by atoms with Crippen molar-refractivity contribution in [3.05, 3.63) is 24.4 Å². The molecule has 0 radical (unpaired) electrons. The third-order valence-corrected chi connectivity index (χ3v) is 1.48. The molecule has 1 aliphatic rings. The lowest BCUT2D eigenvalue weighted by Gasteiger charge is -2.20. The second kappa shape index (κ2) is 1.94. The molecule has 0 bridgehead atoms. The van der Waals surface area contributed by atoms with Crippen molar-refractivity contribution < 1.29 is 0 Å². The van der Waals surface area contributed by atoms with Crippen molar-refractivity contribution in [1.82, 2.24) is 5.32 Å². The van der Waals surface area contributed by atoms with E-state index in [-0.39, 0.29) is 4.45 Å². The first kappa shape index (κ1) is 5.89. The van der Waals surface area contributed by atoms with Crippen molar-refractivity contribution in [2.45, 2.75) is 11.4 Å². The summed E-state index contributed by atoms with van der Waals surface area (Å²) in [6.07, 6.45) is 7.93. The van der Waals surface area contributed by atoms with Crippen molar-refractivity contribution in [3.8, 4) is 0 Å². The van der Waals surface area contributed by atoms with Crippen molar-refractivity contribution in [3.63, 3.8) is 0 Å². The smallest absolute Gasteiger partial charge is 0.108 e. The van der Waals surface area contributed by atoms with Gasteiger partial charge in [0.05, 0.1) is 0 Å². The van der Waals surface area contributed by atoms with Gasteiger partial charge in [0.1, 0.15) is 4.45 Å². The summed E-state index contributed by atoms with van der Waals surface area (Å²) in [6.45, 7) is 2.05. The van der Waals surface area contributed by atoms with Crippen LogP contribution in [0, 0.1) is 0 Å². The fourth-order valence-corrected chi connectivity index (χ4v) is 0.836. The largest absolute Gasteiger partial charge is 0.373 e. The number of hydrogen-bond donors (Lipinski definition) is 1. The third-order valence-electron chi connectivity index (χ3n) is 0.982. The summed E-state index contributed by atoms with van der Waals surface area (Å²) in [5, 5.41) is 3.11. The van der Waals surface area contributed by atoms with E-state index in [0.29, 0.717) is 0 Å². The Labute approximate surface area is 57.6 Å². The Hall–Kier alpha value is -0.240. The molecule has 8 heavy (non-hydrogen) atoms. The van der Waals surface area contributed by atoms with E-state index >= 15 is 0 Å². The lowest BCUT2D eigenvalue weighted by atomic mass is 10.2. The number of halogens is 1. The van der Waals surface area contributed by atoms with Crippen LogP contribution in [0.3, 0.4) is 0 Å². The van der Waals surface area contributed by atoms with Gasteiger partial charge in [-0.1, -0.05) is 22.0 Å². The summed E-state index contributed by atoms with van der Waals surface area (Å²) >= 11 is 3.44. The minimum Gasteiger partial charge on any atom is -0.373 e. The zero-order chi connectivity index (χ0) is 6.04. The van der Waals surface area contributed by atoms with Crippen molar-refractivity contribution in [2.75, 3.05) is 0 Å². The van der Waals surface area contributed by atoms with Crippen LogP contribution in [0.4, 0.5) is 0 Å². The molecule has 0 fully saturated rings. The van der Waals surface area contributed by atoms with Gasteiger partial charge in [-0.15, -0.1) is 0 Å². The molecule has 0 saturated heterocycles. The van der Waals surface area contributed by atoms with E-state index in [1.807, 2.05) is 31.4 Å². The van der Waals surface area contributed by atoms with Crippen LogP contribution in [0.2, 0.25) is 0 Å². The van der Waals surface area contributed by atoms with Gasteiger partial charge in [-0.05, 0) is 25.3 Å². The lowest BCUT2D eigenvalue weighted by molar-refractivity contribution is 0.714. The van der Waals surface area contributed by atoms with Gasteiger partial charge in [0.2, 0.25) is 0 Å². The predicted octanol–water partition coefficient (Wildman–Crippen LogP) is 1.77. The molecule has 0 spiro atoms. The number of allylic oxidation sites excluding steroid dienone is 2. The van der Waals surface area contributed by atoms with E-state index in [9.17, 15) is 0 Å². The van der Waals surface area contributed by atoms with Crippen LogP contribution >= 0.6 is 15.9 Å². The van der Waals surface area contributed by atoms with Crippen LogP contribution in [0.25, 0.3) is 0 Å². The molecule has 1 atom stereocenters. The fourth-order valence-electron chi connectivity index (χ4n) is 0.551. The van der Waals surface area contributed by atoms with Gasteiger partial charge in [-0.25, -0.2) is 0 Å². The van der Waals surface area contributed by atoms with Crippen LogP contribution < -0.4 is 5.32 Å². The zero-order valence-corrected chi connectivity index (χ0v) is 6.27. The van der Waals surface area contributed by atoms with E-state index in [4.69, 9.17) is 0 Å². The number of alkyl halides is 1. The predicted molar refractivity (Wildman–Crippen MR) is 38.7 cm³/mol. The molecule has 0 aliphatic carbocycles. The van der Waals surface area contributed by atoms with Crippen molar-refractivity contribution in [1.29, 1.82) is 0 Å². The maximum absolute atomic E-state index is 3.44. The number of hydrogen-bond acceptors (Lipinski definition) is 1. The van der Waals surface area contributed by atoms with Gasteiger partial charge in [-0.3, -0.25) is 0 Å². The monoisotopic (exact) mass is 173 g/mol. The summed E-state index contributed by atoms with van der Waals surface area (Å²) < 4.78 is -0.0260. The van der Waals surface area contributed by atoms with Crippen LogP contribution in [0.15, 0.2) is 24.4 Å². The van der Waals surface area contributed by atoms with Crippen LogP contribution in [0.1, 0.15) is 6.92 Å². The van der Waals surface area contributed by atoms with E-state index in [1.54, 1.807) is 0 Å². The number of nitrogens with one attached hydrogen (secondary N) is 1. The van der Waals surface area contributed by atoms with Crippen molar-refractivity contribution in [2.24, 2.45) is 0 Å². The quantitative estimate of drug-likeness (QED) is 0.436. The molecule has 2 heteroatoms. The second-order valence-electron chi connectivity index (χ2n) is 1.94. The second-order valence-corrected chi connectivity index (χ2v) is 3.59. The maximum atomic E-state index is 3.44. The van der Waals surface area contributed by atoms with E-state index in [1.165, 1.54) is 0 Å². The topological polar surface area (TPSA) is 12.0 Å². The Kier molecular flexibility index (Phi) is 1.43. The highest BCUT2D eigenvalue weighted by Gasteiger charge is 2.13. The summed E-state index contributed by atoms with van der Waals surface area (Å²) in [6, 6.07) is 0. The first-order valence-electron chi connectivity index (χ1n) is 2.52. The molecule has 0 saturated carbocycles. The molecule has 44 valence electrons. The highest BCUT2D eigenvalue weighted by atomic mass is 79.9. The summed E-state index contributed by atoms with van der Waals surface area (Å²) in [7, 11) is 0. The highest BCUT2D eigenvalue weighted by molar-refractivity contribution is 9.10. The minimum absolute atomic E-state index is 0.0260. The molecule has 1 nitrogen and oxygen atoms in total. The van der Waals surface area contributed by atoms with Crippen molar-refractivity contribution >= 4 is 15.9 Å². The summed E-state index contributed by atoms with van der Waals surface area (Å²) in [4.78, 5) is 0. The van der Waals surface area contributed by atoms with Crippen LogP contribution in [-0.2, 0) is 0 Å². The van der Waals surface area contributed by atoms with Gasteiger partial charge in [0, 0.05) is 0 Å². The van der Waals surface area contributed by atoms with E-state index in [2.05, 4.69) is 21.2 Å². The molecular formula is C6H8BrN. The van der Waals surface area contributed by atoms with E-state index in [0.717, 1.165) is 0 Å². The van der Waals surface area contributed by atoms with Gasteiger partial charge in [0.15, 0.2) is 0 Å². The molecule has 0 aromatic heterocycles. The fraction of sp³-hybridized carbons (Fsp3) is 0.333. The Morgan fingerprint density at radius 1 is 1.50 bits per heavy atom. The molecule has 1 unspecified atom stereocenters. The first-order chi connectivity index (χ1) is 3.71. The molecule has 1 heterocycles. The molecule has 1 N–H and O–H groups in total. The molecule has 0 aromatic carbocycles. The van der Waals surface area contributed by atoms with Gasteiger partial charge in [0.25, 0.3) is 0 Å². The Bertz CT molecular complexity index is 135. The highest BCUT2D eigenvalue weighted by Crippen LogP contribution is 2.16.